The number of anilines is 1. The number of carbonyl (C=O) groups is 1. The minimum absolute atomic E-state index is 0.0341. The molecule has 1 amide bonds. The zero-order valence-electron chi connectivity index (χ0n) is 19.6. The number of ether oxygens (including phenoxy) is 3. The van der Waals surface area contributed by atoms with E-state index in [0.717, 1.165) is 5.56 Å². The molecule has 0 spiro atoms. The van der Waals surface area contributed by atoms with Crippen molar-refractivity contribution < 1.29 is 27.4 Å². The van der Waals surface area contributed by atoms with Crippen LogP contribution in [0.25, 0.3) is 10.6 Å². The first-order valence-corrected chi connectivity index (χ1v) is 13.9. The minimum Gasteiger partial charge on any atom is -0.485 e. The van der Waals surface area contributed by atoms with E-state index < -0.39 is 21.8 Å². The molecule has 11 heteroatoms. The number of aromatic nitrogens is 1. The number of nitrogens with one attached hydrogen (secondary N) is 1. The fourth-order valence-corrected chi connectivity index (χ4v) is 5.49. The van der Waals surface area contributed by atoms with Crippen LogP contribution in [0.5, 0.6) is 17.2 Å². The van der Waals surface area contributed by atoms with Crippen LogP contribution in [0.15, 0.2) is 64.9 Å². The molecule has 0 saturated carbocycles. The summed E-state index contributed by atoms with van der Waals surface area (Å²) in [5, 5.41) is 14.4. The number of sulfone groups is 1. The topological polar surface area (TPSA) is 128 Å². The van der Waals surface area contributed by atoms with Crippen LogP contribution in [0.4, 0.5) is 5.82 Å². The Balaban J connectivity index is 1.45. The van der Waals surface area contributed by atoms with Gasteiger partial charge in [0, 0.05) is 10.9 Å². The average molecular weight is 536 g/mol. The van der Waals surface area contributed by atoms with E-state index in [1.165, 1.54) is 23.5 Å². The van der Waals surface area contributed by atoms with Crippen LogP contribution in [0.3, 0.4) is 0 Å². The standard InChI is InChI=1S/C26H21N3O6S2/c1-2-37(31,32)19-9-5-17(6-10-19)23(35-18-7-3-16(14-27)4-8-18)25(30)28-22-13-20-24-21(33-11-12-34-24)15-36-26(20)29-22/h3-10,13,15,23H,2,11-12H2,1H3,(H,28,30). The van der Waals surface area contributed by atoms with E-state index >= 15 is 0 Å². The lowest BCUT2D eigenvalue weighted by Gasteiger charge is -2.19. The molecule has 188 valence electrons. The molecule has 37 heavy (non-hydrogen) atoms. The summed E-state index contributed by atoms with van der Waals surface area (Å²) in [7, 11) is -3.40. The van der Waals surface area contributed by atoms with Gasteiger partial charge in [-0.15, -0.1) is 11.3 Å². The number of fused-ring (bicyclic) bond motifs is 3. The quantitative estimate of drug-likeness (QED) is 0.368. The van der Waals surface area contributed by atoms with Crippen LogP contribution >= 0.6 is 11.3 Å². The van der Waals surface area contributed by atoms with Crippen LogP contribution in [-0.2, 0) is 14.6 Å². The Labute approximate surface area is 217 Å². The first-order chi connectivity index (χ1) is 17.9. The van der Waals surface area contributed by atoms with Gasteiger partial charge in [-0.05, 0) is 42.5 Å². The lowest BCUT2D eigenvalue weighted by Crippen LogP contribution is -2.26. The van der Waals surface area contributed by atoms with Gasteiger partial charge in [0.1, 0.15) is 29.8 Å². The van der Waals surface area contributed by atoms with E-state index in [0.29, 0.717) is 52.4 Å². The van der Waals surface area contributed by atoms with Crippen molar-refractivity contribution in [3.8, 4) is 33.9 Å². The average Bonchev–Trinajstić information content (AvgIpc) is 3.35. The Morgan fingerprint density at radius 2 is 1.89 bits per heavy atom. The maximum Gasteiger partial charge on any atom is 0.271 e. The molecule has 3 aliphatic rings. The molecule has 0 aliphatic carbocycles. The van der Waals surface area contributed by atoms with Crippen molar-refractivity contribution in [2.75, 3.05) is 24.3 Å². The third-order valence-corrected chi connectivity index (χ3v) is 8.33. The molecule has 0 aromatic heterocycles. The third kappa shape index (κ3) is 5.07. The van der Waals surface area contributed by atoms with Gasteiger partial charge < -0.3 is 19.5 Å². The van der Waals surface area contributed by atoms with E-state index in [-0.39, 0.29) is 10.6 Å². The smallest absolute Gasteiger partial charge is 0.271 e. The largest absolute Gasteiger partial charge is 0.485 e. The van der Waals surface area contributed by atoms with E-state index in [9.17, 15) is 13.2 Å². The Kier molecular flexibility index (Phi) is 6.69. The van der Waals surface area contributed by atoms with Gasteiger partial charge in [0.15, 0.2) is 21.3 Å². The molecule has 0 fully saturated rings. The summed E-state index contributed by atoms with van der Waals surface area (Å²) in [5.74, 6) is 1.37. The first kappa shape index (κ1) is 24.5. The fraction of sp³-hybridized carbons (Fsp3) is 0.192. The molecule has 0 radical (unpaired) electrons. The Morgan fingerprint density at radius 1 is 1.16 bits per heavy atom. The van der Waals surface area contributed by atoms with Crippen molar-refractivity contribution in [2.45, 2.75) is 17.9 Å². The predicted octanol–water partition coefficient (Wildman–Crippen LogP) is 4.44. The highest BCUT2D eigenvalue weighted by atomic mass is 32.2. The van der Waals surface area contributed by atoms with Crippen LogP contribution in [0.1, 0.15) is 24.2 Å². The van der Waals surface area contributed by atoms with Gasteiger partial charge >= 0.3 is 0 Å². The monoisotopic (exact) mass is 535 g/mol. The highest BCUT2D eigenvalue weighted by Gasteiger charge is 2.27. The van der Waals surface area contributed by atoms with Crippen molar-refractivity contribution in [1.82, 2.24) is 4.98 Å². The number of benzene rings is 2. The van der Waals surface area contributed by atoms with E-state index in [4.69, 9.17) is 19.5 Å². The lowest BCUT2D eigenvalue weighted by molar-refractivity contribution is -0.123. The molecular formula is C26H21N3O6S2. The second-order valence-corrected chi connectivity index (χ2v) is 11.2. The van der Waals surface area contributed by atoms with Gasteiger partial charge in [-0.2, -0.15) is 5.26 Å². The van der Waals surface area contributed by atoms with Crippen LogP contribution in [0, 0.1) is 11.3 Å². The summed E-state index contributed by atoms with van der Waals surface area (Å²) in [6.45, 7) is 2.46. The van der Waals surface area contributed by atoms with Crippen molar-refractivity contribution >= 4 is 32.9 Å². The van der Waals surface area contributed by atoms with Crippen LogP contribution in [0.2, 0.25) is 0 Å². The number of nitrogens with zero attached hydrogens (tertiary/aromatic N) is 2. The van der Waals surface area contributed by atoms with Gasteiger partial charge in [-0.3, -0.25) is 4.79 Å². The zero-order chi connectivity index (χ0) is 26.0. The maximum absolute atomic E-state index is 13.4. The molecule has 1 unspecified atom stereocenters. The molecule has 2 aromatic carbocycles. The second kappa shape index (κ2) is 10.1. The van der Waals surface area contributed by atoms with Gasteiger partial charge in [-0.25, -0.2) is 13.4 Å². The van der Waals surface area contributed by atoms with Gasteiger partial charge in [0.25, 0.3) is 5.91 Å². The van der Waals surface area contributed by atoms with Gasteiger partial charge in [-0.1, -0.05) is 19.1 Å². The normalized spacial score (nSPS) is 13.5. The molecule has 1 atom stereocenters. The minimum atomic E-state index is -3.40. The summed E-state index contributed by atoms with van der Waals surface area (Å²) in [6, 6.07) is 16.1. The molecule has 0 saturated heterocycles. The van der Waals surface area contributed by atoms with Crippen LogP contribution in [-0.4, -0.2) is 38.3 Å². The molecule has 3 heterocycles. The number of amides is 1. The van der Waals surface area contributed by atoms with Gasteiger partial charge in [0.2, 0.25) is 6.10 Å². The number of nitriles is 1. The number of hydrogen-bond donors (Lipinski definition) is 1. The Bertz CT molecular complexity index is 1560. The molecule has 9 nitrogen and oxygen atoms in total. The Hall–Kier alpha value is -4.14. The maximum atomic E-state index is 13.4. The molecule has 1 N–H and O–H groups in total. The SMILES string of the molecule is CCS(=O)(=O)c1ccc(C(Oc2ccc(C#N)cc2)C(=O)Nc2cc3c4c(csc-3n2)OCCO4)cc1. The van der Waals surface area contributed by atoms with E-state index in [2.05, 4.69) is 10.3 Å². The summed E-state index contributed by atoms with van der Waals surface area (Å²) < 4.78 is 41.9. The number of hydrogen-bond acceptors (Lipinski definition) is 9. The predicted molar refractivity (Wildman–Crippen MR) is 137 cm³/mol. The molecule has 3 aliphatic heterocycles. The highest BCUT2D eigenvalue weighted by Crippen LogP contribution is 2.45. The summed E-state index contributed by atoms with van der Waals surface area (Å²) in [6.07, 6.45) is -1.12. The van der Waals surface area contributed by atoms with Crippen molar-refractivity contribution in [2.24, 2.45) is 0 Å². The van der Waals surface area contributed by atoms with E-state index in [1.807, 2.05) is 11.4 Å². The van der Waals surface area contributed by atoms with Crippen molar-refractivity contribution in [3.63, 3.8) is 0 Å². The first-order valence-electron chi connectivity index (χ1n) is 11.4. The molecule has 5 rings (SSSR count). The number of rotatable bonds is 7. The Morgan fingerprint density at radius 3 is 2.59 bits per heavy atom. The van der Waals surface area contributed by atoms with Gasteiger partial charge in [0.05, 0.1) is 27.8 Å². The number of carbonyl (C=O) groups excluding carboxylic acids is 1. The zero-order valence-corrected chi connectivity index (χ0v) is 21.3. The van der Waals surface area contributed by atoms with E-state index in [1.54, 1.807) is 49.4 Å². The molecular weight excluding hydrogens is 514 g/mol. The molecule has 2 aromatic rings. The summed E-state index contributed by atoms with van der Waals surface area (Å²) in [4.78, 5) is 18.1. The molecule has 0 bridgehead atoms. The summed E-state index contributed by atoms with van der Waals surface area (Å²) in [5.41, 5.74) is 1.63. The van der Waals surface area contributed by atoms with Crippen molar-refractivity contribution in [3.05, 3.63) is 71.1 Å². The second-order valence-electron chi connectivity index (χ2n) is 8.08. The van der Waals surface area contributed by atoms with Crippen molar-refractivity contribution in [1.29, 1.82) is 5.26 Å². The lowest BCUT2D eigenvalue weighted by atomic mass is 10.1. The third-order valence-electron chi connectivity index (χ3n) is 5.72. The summed E-state index contributed by atoms with van der Waals surface area (Å²) >= 11 is 1.37. The highest BCUT2D eigenvalue weighted by molar-refractivity contribution is 7.91. The van der Waals surface area contributed by atoms with Crippen LogP contribution < -0.4 is 19.5 Å². The fourth-order valence-electron chi connectivity index (χ4n) is 3.78.